The van der Waals surface area contributed by atoms with Crippen molar-refractivity contribution in [2.45, 2.75) is 37.4 Å². The lowest BCUT2D eigenvalue weighted by molar-refractivity contribution is -0.0855. The van der Waals surface area contributed by atoms with E-state index < -0.39 is 0 Å². The molecule has 2 rings (SSSR count). The van der Waals surface area contributed by atoms with Gasteiger partial charge < -0.3 is 24.8 Å². The van der Waals surface area contributed by atoms with Crippen LogP contribution < -0.4 is 10.6 Å². The molecule has 0 aromatic rings. The average molecular weight is 285 g/mol. The first-order valence-electron chi connectivity index (χ1n) is 7.47. The SMILES string of the molecule is CN=C(NCC1CCCO1)NCC1(OC)CCOCC1. The summed E-state index contributed by atoms with van der Waals surface area (Å²) in [7, 11) is 3.56. The van der Waals surface area contributed by atoms with Crippen LogP contribution in [0.5, 0.6) is 0 Å². The highest BCUT2D eigenvalue weighted by atomic mass is 16.5. The highest BCUT2D eigenvalue weighted by Gasteiger charge is 2.32. The molecule has 0 spiro atoms. The molecule has 2 fully saturated rings. The fourth-order valence-electron chi connectivity index (χ4n) is 2.68. The lowest BCUT2D eigenvalue weighted by Gasteiger charge is -2.36. The van der Waals surface area contributed by atoms with Crippen LogP contribution in [0.2, 0.25) is 0 Å². The molecule has 1 unspecified atom stereocenters. The van der Waals surface area contributed by atoms with Crippen molar-refractivity contribution in [3.63, 3.8) is 0 Å². The smallest absolute Gasteiger partial charge is 0.191 e. The Morgan fingerprint density at radius 1 is 1.30 bits per heavy atom. The van der Waals surface area contributed by atoms with Crippen molar-refractivity contribution >= 4 is 5.96 Å². The molecule has 6 heteroatoms. The molecule has 1 atom stereocenters. The zero-order valence-electron chi connectivity index (χ0n) is 12.6. The van der Waals surface area contributed by atoms with Crippen LogP contribution in [0.25, 0.3) is 0 Å². The Balaban J connectivity index is 1.74. The summed E-state index contributed by atoms with van der Waals surface area (Å²) in [5, 5.41) is 6.68. The molecule has 0 saturated carbocycles. The zero-order valence-corrected chi connectivity index (χ0v) is 12.6. The summed E-state index contributed by atoms with van der Waals surface area (Å²) in [6.45, 7) is 3.96. The second kappa shape index (κ2) is 7.81. The minimum Gasteiger partial charge on any atom is -0.381 e. The minimum absolute atomic E-state index is 0.139. The van der Waals surface area contributed by atoms with Gasteiger partial charge in [-0.05, 0) is 12.8 Å². The van der Waals surface area contributed by atoms with Gasteiger partial charge >= 0.3 is 0 Å². The van der Waals surface area contributed by atoms with Gasteiger partial charge in [-0.15, -0.1) is 0 Å². The van der Waals surface area contributed by atoms with Gasteiger partial charge in [-0.25, -0.2) is 0 Å². The number of rotatable bonds is 5. The van der Waals surface area contributed by atoms with Crippen LogP contribution in [0.4, 0.5) is 0 Å². The highest BCUT2D eigenvalue weighted by Crippen LogP contribution is 2.23. The van der Waals surface area contributed by atoms with E-state index in [2.05, 4.69) is 15.6 Å². The molecule has 0 radical (unpaired) electrons. The first kappa shape index (κ1) is 15.5. The Morgan fingerprint density at radius 2 is 2.10 bits per heavy atom. The summed E-state index contributed by atoms with van der Waals surface area (Å²) in [6.07, 6.45) is 4.43. The van der Waals surface area contributed by atoms with Crippen LogP contribution in [-0.4, -0.2) is 64.7 Å². The summed E-state index contributed by atoms with van der Waals surface area (Å²) in [5.41, 5.74) is -0.139. The van der Waals surface area contributed by atoms with E-state index in [0.29, 0.717) is 6.10 Å². The van der Waals surface area contributed by atoms with E-state index in [1.54, 1.807) is 14.2 Å². The second-order valence-electron chi connectivity index (χ2n) is 5.44. The van der Waals surface area contributed by atoms with Gasteiger partial charge in [-0.3, -0.25) is 4.99 Å². The average Bonchev–Trinajstić information content (AvgIpc) is 3.02. The number of hydrogen-bond donors (Lipinski definition) is 2. The van der Waals surface area contributed by atoms with Crippen LogP contribution in [0, 0.1) is 0 Å². The quantitative estimate of drug-likeness (QED) is 0.570. The summed E-state index contributed by atoms with van der Waals surface area (Å²) in [6, 6.07) is 0. The number of hydrogen-bond acceptors (Lipinski definition) is 4. The van der Waals surface area contributed by atoms with Crippen molar-refractivity contribution in [1.82, 2.24) is 10.6 Å². The van der Waals surface area contributed by atoms with Crippen LogP contribution in [0.15, 0.2) is 4.99 Å². The van der Waals surface area contributed by atoms with Gasteiger partial charge in [0.05, 0.1) is 11.7 Å². The van der Waals surface area contributed by atoms with Crippen molar-refractivity contribution in [3.05, 3.63) is 0 Å². The van der Waals surface area contributed by atoms with E-state index in [1.807, 2.05) is 0 Å². The molecule has 0 aliphatic carbocycles. The molecule has 2 heterocycles. The maximum absolute atomic E-state index is 5.70. The number of guanidine groups is 1. The number of methoxy groups -OCH3 is 1. The summed E-state index contributed by atoms with van der Waals surface area (Å²) in [4.78, 5) is 4.25. The fraction of sp³-hybridized carbons (Fsp3) is 0.929. The molecule has 2 aliphatic rings. The van der Waals surface area contributed by atoms with Gasteiger partial charge in [0.1, 0.15) is 0 Å². The summed E-state index contributed by atoms with van der Waals surface area (Å²) >= 11 is 0. The van der Waals surface area contributed by atoms with Crippen molar-refractivity contribution in [2.24, 2.45) is 4.99 Å². The maximum atomic E-state index is 5.70. The predicted octanol–water partition coefficient (Wildman–Crippen LogP) is 0.526. The minimum atomic E-state index is -0.139. The Labute approximate surface area is 121 Å². The van der Waals surface area contributed by atoms with E-state index in [1.165, 1.54) is 0 Å². The number of ether oxygens (including phenoxy) is 3. The van der Waals surface area contributed by atoms with E-state index in [9.17, 15) is 0 Å². The molecule has 20 heavy (non-hydrogen) atoms. The molecule has 6 nitrogen and oxygen atoms in total. The number of aliphatic imine (C=N–C) groups is 1. The van der Waals surface area contributed by atoms with Gasteiger partial charge in [-0.1, -0.05) is 0 Å². The maximum Gasteiger partial charge on any atom is 0.191 e. The predicted molar refractivity (Wildman–Crippen MR) is 78.1 cm³/mol. The molecular weight excluding hydrogens is 258 g/mol. The van der Waals surface area contributed by atoms with Gasteiger partial charge in [0.15, 0.2) is 5.96 Å². The number of nitrogens with zero attached hydrogens (tertiary/aromatic N) is 1. The van der Waals surface area contributed by atoms with Crippen molar-refractivity contribution < 1.29 is 14.2 Å². The second-order valence-corrected chi connectivity index (χ2v) is 5.44. The first-order chi connectivity index (χ1) is 9.78. The van der Waals surface area contributed by atoms with Crippen molar-refractivity contribution in [2.75, 3.05) is 47.1 Å². The monoisotopic (exact) mass is 285 g/mol. The number of nitrogens with one attached hydrogen (secondary N) is 2. The lowest BCUT2D eigenvalue weighted by atomic mass is 9.94. The van der Waals surface area contributed by atoms with Gasteiger partial charge in [0, 0.05) is 59.9 Å². The molecule has 2 N–H and O–H groups in total. The normalized spacial score (nSPS) is 26.5. The molecule has 2 saturated heterocycles. The Hall–Kier alpha value is -0.850. The molecule has 0 bridgehead atoms. The Bertz CT molecular complexity index is 311. The van der Waals surface area contributed by atoms with E-state index in [0.717, 1.165) is 64.6 Å². The topological polar surface area (TPSA) is 64.1 Å². The third-order valence-corrected chi connectivity index (χ3v) is 4.16. The fourth-order valence-corrected chi connectivity index (χ4v) is 2.68. The van der Waals surface area contributed by atoms with Gasteiger partial charge in [0.2, 0.25) is 0 Å². The van der Waals surface area contributed by atoms with E-state index in [4.69, 9.17) is 14.2 Å². The van der Waals surface area contributed by atoms with Crippen LogP contribution in [0.3, 0.4) is 0 Å². The third-order valence-electron chi connectivity index (χ3n) is 4.16. The standard InChI is InChI=1S/C14H27N3O3/c1-15-13(16-10-12-4-3-7-20-12)17-11-14(18-2)5-8-19-9-6-14/h12H,3-11H2,1-2H3,(H2,15,16,17). The largest absolute Gasteiger partial charge is 0.381 e. The molecule has 0 amide bonds. The first-order valence-corrected chi connectivity index (χ1v) is 7.47. The molecular formula is C14H27N3O3. The molecule has 116 valence electrons. The van der Waals surface area contributed by atoms with Crippen LogP contribution in [-0.2, 0) is 14.2 Å². The van der Waals surface area contributed by atoms with E-state index >= 15 is 0 Å². The molecule has 0 aromatic carbocycles. The van der Waals surface area contributed by atoms with Crippen LogP contribution in [0.1, 0.15) is 25.7 Å². The molecule has 2 aliphatic heterocycles. The Morgan fingerprint density at radius 3 is 2.70 bits per heavy atom. The van der Waals surface area contributed by atoms with Crippen molar-refractivity contribution in [3.8, 4) is 0 Å². The van der Waals surface area contributed by atoms with Gasteiger partial charge in [0.25, 0.3) is 0 Å². The third kappa shape index (κ3) is 4.33. The summed E-state index contributed by atoms with van der Waals surface area (Å²) in [5.74, 6) is 0.809. The Kier molecular flexibility index (Phi) is 6.06. The van der Waals surface area contributed by atoms with Crippen molar-refractivity contribution in [1.29, 1.82) is 0 Å². The van der Waals surface area contributed by atoms with Gasteiger partial charge in [-0.2, -0.15) is 0 Å². The summed E-state index contributed by atoms with van der Waals surface area (Å²) < 4.78 is 16.7. The zero-order chi connectivity index (χ0) is 14.3. The van der Waals surface area contributed by atoms with Crippen LogP contribution >= 0.6 is 0 Å². The molecule has 0 aromatic heterocycles. The lowest BCUT2D eigenvalue weighted by Crippen LogP contribution is -2.51. The van der Waals surface area contributed by atoms with E-state index in [-0.39, 0.29) is 5.60 Å². The highest BCUT2D eigenvalue weighted by molar-refractivity contribution is 5.79.